The van der Waals surface area contributed by atoms with Crippen LogP contribution in [0.5, 0.6) is 5.75 Å². The van der Waals surface area contributed by atoms with Crippen LogP contribution in [-0.2, 0) is 13.6 Å². The van der Waals surface area contributed by atoms with Gasteiger partial charge in [-0.25, -0.2) is 9.13 Å². The van der Waals surface area contributed by atoms with E-state index in [2.05, 4.69) is 0 Å². The van der Waals surface area contributed by atoms with Gasteiger partial charge in [-0.3, -0.25) is 10.5 Å². The summed E-state index contributed by atoms with van der Waals surface area (Å²) < 4.78 is 8.68. The molecule has 3 aromatic rings. The molecule has 0 atom stereocenters. The van der Waals surface area contributed by atoms with Crippen LogP contribution in [0.4, 0.5) is 5.95 Å². The van der Waals surface area contributed by atoms with Gasteiger partial charge in [0, 0.05) is 11.1 Å². The van der Waals surface area contributed by atoms with E-state index >= 15 is 0 Å². The van der Waals surface area contributed by atoms with E-state index in [1.54, 1.807) is 52.6 Å². The molecule has 0 unspecified atom stereocenters. The monoisotopic (exact) mass is 469 g/mol. The van der Waals surface area contributed by atoms with E-state index in [-0.39, 0.29) is 29.3 Å². The van der Waals surface area contributed by atoms with Gasteiger partial charge >= 0.3 is 5.95 Å². The van der Waals surface area contributed by atoms with E-state index in [0.717, 1.165) is 11.3 Å². The Hall–Kier alpha value is -2.02. The average Bonchev–Trinajstić information content (AvgIpc) is 2.92. The van der Waals surface area contributed by atoms with Crippen LogP contribution in [0.1, 0.15) is 10.4 Å². The van der Waals surface area contributed by atoms with Crippen molar-refractivity contribution in [2.24, 2.45) is 7.05 Å². The molecule has 0 amide bonds. The minimum absolute atomic E-state index is 0. The van der Waals surface area contributed by atoms with Crippen molar-refractivity contribution in [2.45, 2.75) is 6.54 Å². The lowest BCUT2D eigenvalue weighted by Crippen LogP contribution is -3.00. The second-order valence-electron chi connectivity index (χ2n) is 5.84. The van der Waals surface area contributed by atoms with Crippen LogP contribution in [0.25, 0.3) is 11.3 Å². The normalized spacial score (nSPS) is 10.4. The van der Waals surface area contributed by atoms with Gasteiger partial charge < -0.3 is 21.7 Å². The summed E-state index contributed by atoms with van der Waals surface area (Å²) in [5, 5.41) is 0.946. The first-order valence-electron chi connectivity index (χ1n) is 7.88. The molecule has 3 rings (SSSR count). The van der Waals surface area contributed by atoms with Gasteiger partial charge in [0.25, 0.3) is 0 Å². The highest BCUT2D eigenvalue weighted by Gasteiger charge is 2.21. The smallest absolute Gasteiger partial charge is 0.355 e. The number of nitrogens with zero attached hydrogens (tertiary/aromatic N) is 2. The number of benzene rings is 2. The highest BCUT2D eigenvalue weighted by atomic mass is 79.9. The van der Waals surface area contributed by atoms with Crippen molar-refractivity contribution in [3.05, 3.63) is 64.3 Å². The van der Waals surface area contributed by atoms with Crippen LogP contribution in [-0.4, -0.2) is 17.5 Å². The van der Waals surface area contributed by atoms with E-state index in [4.69, 9.17) is 33.7 Å². The molecular formula is C19H18BrCl2N3O2. The molecule has 27 heavy (non-hydrogen) atoms. The summed E-state index contributed by atoms with van der Waals surface area (Å²) in [4.78, 5) is 12.6. The standard InChI is InChI=1S/C19H17Cl2N3O2.BrH/c1-23-17(12-6-7-15(20)16(21)9-12)10-24(19(23)22)11-18(25)13-4-3-5-14(8-13)26-2;/h3-10,22H,11H2,1-2H3;1H. The molecule has 0 radical (unpaired) electrons. The molecular weight excluding hydrogens is 453 g/mol. The lowest BCUT2D eigenvalue weighted by Gasteiger charge is -2.03. The molecule has 1 heterocycles. The van der Waals surface area contributed by atoms with Gasteiger partial charge in [0.05, 0.1) is 24.2 Å². The van der Waals surface area contributed by atoms with Gasteiger partial charge in [-0.1, -0.05) is 35.3 Å². The number of rotatable bonds is 5. The number of hydrogen-bond donors (Lipinski definition) is 1. The highest BCUT2D eigenvalue weighted by molar-refractivity contribution is 6.42. The number of carbonyl (C=O) groups excluding carboxylic acids is 1. The number of ether oxygens (including phenoxy) is 1. The van der Waals surface area contributed by atoms with Crippen molar-refractivity contribution in [1.82, 2.24) is 4.57 Å². The summed E-state index contributed by atoms with van der Waals surface area (Å²) in [5.74, 6) is 1.03. The molecule has 0 spiro atoms. The largest absolute Gasteiger partial charge is 1.00 e. The van der Waals surface area contributed by atoms with Crippen LogP contribution in [0.3, 0.4) is 0 Å². The summed E-state index contributed by atoms with van der Waals surface area (Å²) in [7, 11) is 3.40. The zero-order chi connectivity index (χ0) is 18.8. The molecule has 0 fully saturated rings. The van der Waals surface area contributed by atoms with E-state index in [9.17, 15) is 4.79 Å². The zero-order valence-corrected chi connectivity index (χ0v) is 17.8. The Balaban J connectivity index is 0.00000261. The molecule has 0 aliphatic heterocycles. The Kier molecular flexibility index (Phi) is 6.92. The van der Waals surface area contributed by atoms with Crippen molar-refractivity contribution < 1.29 is 31.1 Å². The molecule has 8 heteroatoms. The maximum absolute atomic E-state index is 12.6. The molecule has 0 saturated heterocycles. The lowest BCUT2D eigenvalue weighted by atomic mass is 10.1. The number of ketones is 1. The van der Waals surface area contributed by atoms with E-state index in [1.165, 1.54) is 0 Å². The summed E-state index contributed by atoms with van der Waals surface area (Å²) in [6.07, 6.45) is 1.83. The molecule has 142 valence electrons. The number of halogens is 3. The van der Waals surface area contributed by atoms with E-state index < -0.39 is 0 Å². The van der Waals surface area contributed by atoms with Gasteiger partial charge in [0.1, 0.15) is 24.2 Å². The van der Waals surface area contributed by atoms with Crippen molar-refractivity contribution >= 4 is 34.9 Å². The fraction of sp³-hybridized carbons (Fsp3) is 0.158. The number of methoxy groups -OCH3 is 1. The number of anilines is 1. The number of hydrogen-bond acceptors (Lipinski definition) is 3. The molecule has 0 bridgehead atoms. The molecule has 5 nitrogen and oxygen atoms in total. The molecule has 0 aliphatic carbocycles. The number of aromatic nitrogens is 2. The van der Waals surface area contributed by atoms with E-state index in [0.29, 0.717) is 27.3 Å². The van der Waals surface area contributed by atoms with E-state index in [1.807, 2.05) is 19.3 Å². The van der Waals surface area contributed by atoms with Crippen molar-refractivity contribution in [1.29, 1.82) is 0 Å². The maximum Gasteiger partial charge on any atom is 0.355 e. The number of nitrogens with two attached hydrogens (primary N) is 1. The Morgan fingerprint density at radius 2 is 1.93 bits per heavy atom. The fourth-order valence-corrected chi connectivity index (χ4v) is 3.01. The van der Waals surface area contributed by atoms with Crippen LogP contribution in [0.2, 0.25) is 10.0 Å². The van der Waals surface area contributed by atoms with Crippen molar-refractivity contribution in [3.63, 3.8) is 0 Å². The quantitative estimate of drug-likeness (QED) is 0.442. The topological polar surface area (TPSA) is 61.1 Å². The molecule has 0 saturated carbocycles. The third-order valence-corrected chi connectivity index (χ3v) is 4.94. The lowest BCUT2D eigenvalue weighted by molar-refractivity contribution is -0.667. The summed E-state index contributed by atoms with van der Waals surface area (Å²) in [5.41, 5.74) is 8.44. The molecule has 0 aliphatic rings. The third kappa shape index (κ3) is 4.46. The molecule has 2 N–H and O–H groups in total. The predicted molar refractivity (Wildman–Crippen MR) is 103 cm³/mol. The Morgan fingerprint density at radius 3 is 2.59 bits per heavy atom. The van der Waals surface area contributed by atoms with Gasteiger partial charge in [0.15, 0.2) is 5.78 Å². The fourth-order valence-electron chi connectivity index (χ4n) is 2.71. The van der Waals surface area contributed by atoms with Gasteiger partial charge in [0.2, 0.25) is 0 Å². The number of imidazole rings is 1. The Bertz CT molecular complexity index is 989. The number of carbonyl (C=O) groups is 1. The Labute approximate surface area is 178 Å². The summed E-state index contributed by atoms with van der Waals surface area (Å²) >= 11 is 12.1. The van der Waals surface area contributed by atoms with Crippen LogP contribution >= 0.6 is 23.2 Å². The SMILES string of the molecule is COc1cccc(C(=O)C[n+]2cc(-c3ccc(Cl)c(Cl)c3)n(C)c2N)c1.[Br-]. The minimum Gasteiger partial charge on any atom is -1.00 e. The molecule has 1 aromatic heterocycles. The minimum atomic E-state index is -0.0631. The second-order valence-corrected chi connectivity index (χ2v) is 6.66. The zero-order valence-electron chi connectivity index (χ0n) is 14.7. The van der Waals surface area contributed by atoms with Gasteiger partial charge in [-0.15, -0.1) is 0 Å². The first-order chi connectivity index (χ1) is 12.4. The Morgan fingerprint density at radius 1 is 1.19 bits per heavy atom. The van der Waals surface area contributed by atoms with Crippen molar-refractivity contribution in [3.8, 4) is 17.0 Å². The van der Waals surface area contributed by atoms with Gasteiger partial charge in [-0.2, -0.15) is 0 Å². The molecule has 2 aromatic carbocycles. The average molecular weight is 471 g/mol. The summed E-state index contributed by atoms with van der Waals surface area (Å²) in [6.45, 7) is 0.119. The predicted octanol–water partition coefficient (Wildman–Crippen LogP) is 0.764. The number of nitrogen functional groups attached to an aromatic ring is 1. The third-order valence-electron chi connectivity index (χ3n) is 4.20. The van der Waals surface area contributed by atoms with Crippen molar-refractivity contribution in [2.75, 3.05) is 12.8 Å². The highest BCUT2D eigenvalue weighted by Crippen LogP contribution is 2.28. The van der Waals surface area contributed by atoms with Gasteiger partial charge in [-0.05, 0) is 30.3 Å². The number of Topliss-reactive ketones (excluding diaryl/α,β-unsaturated/α-hetero) is 1. The maximum atomic E-state index is 12.6. The summed E-state index contributed by atoms with van der Waals surface area (Å²) in [6, 6.07) is 12.4. The van der Waals surface area contributed by atoms with Crippen LogP contribution in [0, 0.1) is 0 Å². The first kappa shape index (κ1) is 21.3. The first-order valence-corrected chi connectivity index (χ1v) is 8.63. The van der Waals surface area contributed by atoms with Crippen LogP contribution < -0.4 is 32.0 Å². The van der Waals surface area contributed by atoms with Crippen LogP contribution in [0.15, 0.2) is 48.7 Å². The second kappa shape index (κ2) is 8.78.